The Morgan fingerprint density at radius 3 is 2.67 bits per heavy atom. The Morgan fingerprint density at radius 1 is 1.53 bits per heavy atom. The van der Waals surface area contributed by atoms with Gasteiger partial charge in [-0.25, -0.2) is 0 Å². The molecule has 0 radical (unpaired) electrons. The molecule has 84 valence electrons. The number of halogens is 1. The zero-order valence-corrected chi connectivity index (χ0v) is 11.0. The van der Waals surface area contributed by atoms with Gasteiger partial charge in [-0.1, -0.05) is 0 Å². The highest BCUT2D eigenvalue weighted by molar-refractivity contribution is 9.10. The molecular formula is C11H18BrN3. The number of nitrogens with zero attached hydrogens (tertiary/aromatic N) is 2. The summed E-state index contributed by atoms with van der Waals surface area (Å²) in [6.45, 7) is 5.06. The monoisotopic (exact) mass is 271 g/mol. The lowest BCUT2D eigenvalue weighted by molar-refractivity contribution is 0.242. The molecule has 0 unspecified atom stereocenters. The molecule has 1 fully saturated rings. The molecule has 1 aromatic heterocycles. The molecule has 0 bridgehead atoms. The predicted molar refractivity (Wildman–Crippen MR) is 64.8 cm³/mol. The molecule has 0 aromatic carbocycles. The van der Waals surface area contributed by atoms with Crippen molar-refractivity contribution in [1.29, 1.82) is 0 Å². The lowest BCUT2D eigenvalue weighted by atomic mass is 9.74. The molecule has 1 aliphatic rings. The summed E-state index contributed by atoms with van der Waals surface area (Å²) in [6.07, 6.45) is 4.51. The standard InChI is InChI=1S/C11H18BrN3/c1-3-15-9(10(12)8(2)14-15)7-11(13)5-4-6-11/h3-7,13H2,1-2H3. The van der Waals surface area contributed by atoms with E-state index in [1.165, 1.54) is 12.1 Å². The van der Waals surface area contributed by atoms with Crippen molar-refractivity contribution in [3.05, 3.63) is 15.9 Å². The maximum Gasteiger partial charge on any atom is 0.0738 e. The smallest absolute Gasteiger partial charge is 0.0738 e. The minimum Gasteiger partial charge on any atom is -0.325 e. The third-order valence-corrected chi connectivity index (χ3v) is 4.35. The molecule has 4 heteroatoms. The highest BCUT2D eigenvalue weighted by Gasteiger charge is 2.34. The number of aryl methyl sites for hydroxylation is 2. The first-order valence-corrected chi connectivity index (χ1v) is 6.36. The first-order valence-electron chi connectivity index (χ1n) is 5.56. The molecule has 3 nitrogen and oxygen atoms in total. The van der Waals surface area contributed by atoms with Crippen LogP contribution >= 0.6 is 15.9 Å². The van der Waals surface area contributed by atoms with Crippen LogP contribution in [0.1, 0.15) is 37.6 Å². The summed E-state index contributed by atoms with van der Waals surface area (Å²) in [7, 11) is 0. The fourth-order valence-electron chi connectivity index (χ4n) is 2.18. The van der Waals surface area contributed by atoms with Crippen LogP contribution in [0.2, 0.25) is 0 Å². The van der Waals surface area contributed by atoms with Crippen molar-refractivity contribution in [2.45, 2.75) is 51.6 Å². The largest absolute Gasteiger partial charge is 0.325 e. The van der Waals surface area contributed by atoms with Crippen LogP contribution in [0, 0.1) is 6.92 Å². The van der Waals surface area contributed by atoms with Gasteiger partial charge >= 0.3 is 0 Å². The Hall–Kier alpha value is -0.350. The fourth-order valence-corrected chi connectivity index (χ4v) is 2.60. The molecule has 2 N–H and O–H groups in total. The maximum atomic E-state index is 6.27. The molecule has 0 atom stereocenters. The summed E-state index contributed by atoms with van der Waals surface area (Å²) < 4.78 is 3.20. The van der Waals surface area contributed by atoms with Gasteiger partial charge in [0.25, 0.3) is 0 Å². The van der Waals surface area contributed by atoms with Crippen LogP contribution < -0.4 is 5.73 Å². The SMILES string of the molecule is CCn1nc(C)c(Br)c1CC1(N)CCC1. The highest BCUT2D eigenvalue weighted by atomic mass is 79.9. The van der Waals surface area contributed by atoms with Gasteiger partial charge in [-0.3, -0.25) is 4.68 Å². The average Bonchev–Trinajstić information content (AvgIpc) is 2.43. The molecule has 0 spiro atoms. The number of rotatable bonds is 3. The van der Waals surface area contributed by atoms with Gasteiger partial charge in [-0.05, 0) is 49.0 Å². The van der Waals surface area contributed by atoms with Crippen molar-refractivity contribution < 1.29 is 0 Å². The van der Waals surface area contributed by atoms with Crippen molar-refractivity contribution >= 4 is 15.9 Å². The zero-order chi connectivity index (χ0) is 11.1. The molecule has 2 rings (SSSR count). The topological polar surface area (TPSA) is 43.8 Å². The summed E-state index contributed by atoms with van der Waals surface area (Å²) in [5.41, 5.74) is 8.63. The normalized spacial score (nSPS) is 18.9. The van der Waals surface area contributed by atoms with E-state index in [4.69, 9.17) is 5.73 Å². The fraction of sp³-hybridized carbons (Fsp3) is 0.727. The summed E-state index contributed by atoms with van der Waals surface area (Å²) in [6, 6.07) is 0. The van der Waals surface area contributed by atoms with E-state index in [0.717, 1.165) is 36.0 Å². The maximum absolute atomic E-state index is 6.27. The van der Waals surface area contributed by atoms with Crippen LogP contribution in [0.4, 0.5) is 0 Å². The van der Waals surface area contributed by atoms with Crippen LogP contribution in [0.3, 0.4) is 0 Å². The summed E-state index contributed by atoms with van der Waals surface area (Å²) in [5.74, 6) is 0. The van der Waals surface area contributed by atoms with Crippen LogP contribution in [-0.2, 0) is 13.0 Å². The Labute approximate surface area is 99.2 Å². The molecule has 0 amide bonds. The number of hydrogen-bond donors (Lipinski definition) is 1. The second-order valence-electron chi connectivity index (χ2n) is 4.55. The van der Waals surface area contributed by atoms with Crippen LogP contribution in [-0.4, -0.2) is 15.3 Å². The number of nitrogens with two attached hydrogens (primary N) is 1. The lowest BCUT2D eigenvalue weighted by Gasteiger charge is -2.38. The molecule has 0 saturated heterocycles. The molecule has 1 heterocycles. The van der Waals surface area contributed by atoms with Crippen molar-refractivity contribution in [2.75, 3.05) is 0 Å². The lowest BCUT2D eigenvalue weighted by Crippen LogP contribution is -2.48. The van der Waals surface area contributed by atoms with E-state index < -0.39 is 0 Å². The second-order valence-corrected chi connectivity index (χ2v) is 5.35. The molecule has 0 aliphatic heterocycles. The summed E-state index contributed by atoms with van der Waals surface area (Å²) >= 11 is 3.61. The van der Waals surface area contributed by atoms with Crippen molar-refractivity contribution in [3.8, 4) is 0 Å². The van der Waals surface area contributed by atoms with Crippen LogP contribution in [0.15, 0.2) is 4.47 Å². The van der Waals surface area contributed by atoms with Crippen LogP contribution in [0.25, 0.3) is 0 Å². The second kappa shape index (κ2) is 3.91. The van der Waals surface area contributed by atoms with E-state index in [0.29, 0.717) is 0 Å². The Kier molecular flexibility index (Phi) is 2.90. The van der Waals surface area contributed by atoms with E-state index in [9.17, 15) is 0 Å². The third-order valence-electron chi connectivity index (χ3n) is 3.32. The van der Waals surface area contributed by atoms with E-state index in [2.05, 4.69) is 32.6 Å². The third kappa shape index (κ3) is 1.97. The first kappa shape index (κ1) is 11.1. The molecular weight excluding hydrogens is 254 g/mol. The average molecular weight is 272 g/mol. The molecule has 1 saturated carbocycles. The van der Waals surface area contributed by atoms with E-state index in [-0.39, 0.29) is 5.54 Å². The van der Waals surface area contributed by atoms with E-state index in [1.54, 1.807) is 0 Å². The highest BCUT2D eigenvalue weighted by Crippen LogP contribution is 2.34. The van der Waals surface area contributed by atoms with Gasteiger partial charge in [0, 0.05) is 18.5 Å². The Balaban J connectivity index is 2.26. The minimum atomic E-state index is 0.0297. The zero-order valence-electron chi connectivity index (χ0n) is 9.39. The summed E-state index contributed by atoms with van der Waals surface area (Å²) in [4.78, 5) is 0. The molecule has 1 aromatic rings. The first-order chi connectivity index (χ1) is 7.06. The minimum absolute atomic E-state index is 0.0297. The van der Waals surface area contributed by atoms with Gasteiger partial charge in [-0.2, -0.15) is 5.10 Å². The van der Waals surface area contributed by atoms with Gasteiger partial charge in [0.05, 0.1) is 15.9 Å². The van der Waals surface area contributed by atoms with Gasteiger partial charge in [-0.15, -0.1) is 0 Å². The van der Waals surface area contributed by atoms with Crippen molar-refractivity contribution in [2.24, 2.45) is 5.73 Å². The van der Waals surface area contributed by atoms with E-state index >= 15 is 0 Å². The van der Waals surface area contributed by atoms with Gasteiger partial charge in [0.2, 0.25) is 0 Å². The van der Waals surface area contributed by atoms with Gasteiger partial charge < -0.3 is 5.73 Å². The van der Waals surface area contributed by atoms with Crippen LogP contribution in [0.5, 0.6) is 0 Å². The molecule has 1 aliphatic carbocycles. The van der Waals surface area contributed by atoms with Crippen molar-refractivity contribution in [1.82, 2.24) is 9.78 Å². The van der Waals surface area contributed by atoms with Crippen molar-refractivity contribution in [3.63, 3.8) is 0 Å². The van der Waals surface area contributed by atoms with E-state index in [1.807, 2.05) is 6.92 Å². The number of aromatic nitrogens is 2. The predicted octanol–water partition coefficient (Wildman–Crippen LogP) is 2.40. The number of hydrogen-bond acceptors (Lipinski definition) is 2. The Morgan fingerprint density at radius 2 is 2.20 bits per heavy atom. The Bertz CT molecular complexity index is 366. The quantitative estimate of drug-likeness (QED) is 0.918. The van der Waals surface area contributed by atoms with Gasteiger partial charge in [0.1, 0.15) is 0 Å². The summed E-state index contributed by atoms with van der Waals surface area (Å²) in [5, 5.41) is 4.49. The molecule has 15 heavy (non-hydrogen) atoms. The van der Waals surface area contributed by atoms with Gasteiger partial charge in [0.15, 0.2) is 0 Å².